The van der Waals surface area contributed by atoms with E-state index in [1.807, 2.05) is 99.6 Å². The Labute approximate surface area is 684 Å². The summed E-state index contributed by atoms with van der Waals surface area (Å²) in [5, 5.41) is 82.5. The van der Waals surface area contributed by atoms with E-state index in [4.69, 9.17) is 18.9 Å². The molecule has 9 rings (SSSR count). The lowest BCUT2D eigenvalue weighted by Crippen LogP contribution is -2.61. The fourth-order valence-corrected chi connectivity index (χ4v) is 13.4. The number of aliphatic hydroxyl groups is 3. The van der Waals surface area contributed by atoms with Crippen molar-refractivity contribution >= 4 is 71.1 Å². The summed E-state index contributed by atoms with van der Waals surface area (Å²) < 4.78 is 22.4. The van der Waals surface area contributed by atoms with E-state index in [1.165, 1.54) is 102 Å². The average Bonchev–Trinajstić information content (AvgIpc) is 0.813. The van der Waals surface area contributed by atoms with Gasteiger partial charge in [-0.2, -0.15) is 0 Å². The van der Waals surface area contributed by atoms with Crippen LogP contribution in [0.4, 0.5) is 0 Å². The number of nitrogens with one attached hydrogen (secondary N) is 7. The number of rotatable bonds is 18. The Kier molecular flexibility index (Phi) is 34.6. The topological polar surface area (TPSA) is 489 Å². The van der Waals surface area contributed by atoms with Crippen LogP contribution in [0.1, 0.15) is 151 Å². The van der Waals surface area contributed by atoms with Gasteiger partial charge in [-0.25, -0.2) is 29.3 Å². The minimum Gasteiger partial charge on any atom is -0.505 e. The van der Waals surface area contributed by atoms with Gasteiger partial charge in [0.15, 0.2) is 17.1 Å². The number of cyclic esters (lactones) is 4. The standard InChI is InChI=1S/C29H38N4O7.C28H36N4O7.C28H35N3O8/c1-6-16(2)24-29(39)40-18(4)22(32-27(37)23-21(34)13-10-14-30-23)26(36)31-20(15-19-11-8-7-9-12-19)25(35)17(3)28(38)33(24)5;1-5-15(2)21-28(38)39-17(4)22(32-27(37)23-20(33)12-9-13-29-23)26(36)30-19(14-18-10-7-6-8-11-18)24(34)16(3)25(35)31-21;1-5-15(2)24-28(37)38-17(4)21(31-26(35)22-20(32)12-9-13-29-22)25(34)30-19(14-18-10-7-6-8-11-18)23(33)16(3)27(36)39-24/h7-14,16-18,20,22,24-25,34-35H,6,15H2,1-5H3,(H,31,36)(H,32,37);6-13,15-17,19,21-22,24,33-34H,5,14H2,1-4H3,(H,30,36)(H,31,35)(H,32,37);6-13,15-17,19,21,23-24,32-33H,5,14H2,1-4H3,(H,30,34)(H,31,35)/t16?,17-,18-,20+,22+,24?,25+;15?,16-,17-,19+,21?,22+,24+;15?,16-,17-,19+,21+,23+,24?/m111/s1. The maximum atomic E-state index is 13.7. The van der Waals surface area contributed by atoms with Gasteiger partial charge in [0, 0.05) is 31.6 Å². The molecule has 0 bridgehead atoms. The van der Waals surface area contributed by atoms with Crippen molar-refractivity contribution in [1.29, 1.82) is 0 Å². The molecule has 0 spiro atoms. The highest BCUT2D eigenvalue weighted by Gasteiger charge is 2.46. The Balaban J connectivity index is 0.000000244. The maximum Gasteiger partial charge on any atom is 0.348 e. The van der Waals surface area contributed by atoms with Gasteiger partial charge in [0.2, 0.25) is 35.6 Å². The van der Waals surface area contributed by atoms with Crippen LogP contribution in [0.25, 0.3) is 0 Å². The molecule has 3 aromatic heterocycles. The van der Waals surface area contributed by atoms with Crippen LogP contribution in [0.5, 0.6) is 17.2 Å². The number of aromatic nitrogens is 3. The third-order valence-corrected chi connectivity index (χ3v) is 21.4. The number of benzene rings is 3. The van der Waals surface area contributed by atoms with Crippen LogP contribution in [0, 0.1) is 35.5 Å². The van der Waals surface area contributed by atoms with Gasteiger partial charge in [-0.1, -0.05) is 159 Å². The lowest BCUT2D eigenvalue weighted by Gasteiger charge is -2.38. The Bertz CT molecular complexity index is 4250. The van der Waals surface area contributed by atoms with E-state index >= 15 is 0 Å². The van der Waals surface area contributed by atoms with Crippen LogP contribution in [-0.2, 0) is 81.4 Å². The molecule has 0 aliphatic carbocycles. The number of carbonyl (C=O) groups is 12. The molecule has 3 aliphatic rings. The van der Waals surface area contributed by atoms with Gasteiger partial charge in [0.05, 0.1) is 54.2 Å². The van der Waals surface area contributed by atoms with Crippen molar-refractivity contribution in [3.63, 3.8) is 0 Å². The number of ether oxygens (including phenoxy) is 4. The second-order valence-electron chi connectivity index (χ2n) is 30.0. The first-order chi connectivity index (χ1) is 56.0. The first-order valence-electron chi connectivity index (χ1n) is 39.3. The van der Waals surface area contributed by atoms with Gasteiger partial charge < -0.3 is 91.7 Å². The highest BCUT2D eigenvalue weighted by molar-refractivity contribution is 6.00. The highest BCUT2D eigenvalue weighted by atomic mass is 16.6. The molecule has 6 unspecified atom stereocenters. The van der Waals surface area contributed by atoms with Crippen LogP contribution in [0.3, 0.4) is 0 Å². The van der Waals surface area contributed by atoms with E-state index in [9.17, 15) is 88.2 Å². The van der Waals surface area contributed by atoms with Crippen LogP contribution < -0.4 is 37.2 Å². The Morgan fingerprint density at radius 3 is 1.08 bits per heavy atom. The minimum absolute atomic E-state index is 0.163. The SMILES string of the molecule is CCC(C)C1C(=O)O[C@H](C)[C@H](NC(=O)c2ncccc2O)C(=O)N[C@@H](Cc2ccccc2)[C@@H](O)[C@@H](C)C(=O)N1C.CCC(C)C1NC(=O)[C@H](C)[C@H](O)[C@H](Cc2ccccc2)NC(=O)[C@@H](NC(=O)c2ncccc2O)[C@@H](C)OC1=O.CCC(C)C1OC(=O)[C@H](C)[C@H](O)[C@H](Cc2ccccc2)NC(=O)[C@@H](NC(=O)c2ncccc2O)[C@@H](C)OC1=O. The molecule has 636 valence electrons. The van der Waals surface area contributed by atoms with Crippen molar-refractivity contribution in [3.05, 3.63) is 180 Å². The first-order valence-corrected chi connectivity index (χ1v) is 39.3. The van der Waals surface area contributed by atoms with Gasteiger partial charge in [0.25, 0.3) is 17.7 Å². The van der Waals surface area contributed by atoms with E-state index in [1.54, 1.807) is 39.8 Å². The molecule has 3 aliphatic heterocycles. The molecule has 118 heavy (non-hydrogen) atoms. The third-order valence-electron chi connectivity index (χ3n) is 21.4. The van der Waals surface area contributed by atoms with Crippen molar-refractivity contribution in [2.75, 3.05) is 7.05 Å². The molecule has 6 heterocycles. The summed E-state index contributed by atoms with van der Waals surface area (Å²) in [4.78, 5) is 172. The Hall–Kier alpha value is -12.0. The van der Waals surface area contributed by atoms with Crippen molar-refractivity contribution in [1.82, 2.24) is 57.1 Å². The number of hydrogen-bond donors (Lipinski definition) is 13. The van der Waals surface area contributed by atoms with Crippen molar-refractivity contribution in [2.24, 2.45) is 35.5 Å². The number of amides is 8. The monoisotopic (exact) mass is 1640 g/mol. The summed E-state index contributed by atoms with van der Waals surface area (Å²) in [5.74, 6) is -14.3. The zero-order chi connectivity index (χ0) is 86.9. The largest absolute Gasteiger partial charge is 0.505 e. The Morgan fingerprint density at radius 1 is 0.407 bits per heavy atom. The zero-order valence-corrected chi connectivity index (χ0v) is 68.2. The van der Waals surface area contributed by atoms with E-state index in [2.05, 4.69) is 52.2 Å². The quantitative estimate of drug-likeness (QED) is 0.0427. The Morgan fingerprint density at radius 2 is 0.737 bits per heavy atom. The number of likely N-dealkylation sites (N-methyl/N-ethyl adjacent to an activating group) is 1. The highest BCUT2D eigenvalue weighted by Crippen LogP contribution is 2.28. The number of esters is 4. The predicted molar refractivity (Wildman–Crippen MR) is 427 cm³/mol. The van der Waals surface area contributed by atoms with Gasteiger partial charge in [-0.3, -0.25) is 43.2 Å². The fraction of sp³-hybridized carbons (Fsp3) is 0.471. The molecule has 3 saturated heterocycles. The smallest absolute Gasteiger partial charge is 0.348 e. The van der Waals surface area contributed by atoms with Crippen molar-refractivity contribution in [3.8, 4) is 17.2 Å². The van der Waals surface area contributed by atoms with Crippen LogP contribution in [0.15, 0.2) is 146 Å². The molecule has 33 nitrogen and oxygen atoms in total. The predicted octanol–water partition coefficient (Wildman–Crippen LogP) is 4.03. The number of carbonyl (C=O) groups excluding carboxylic acids is 12. The van der Waals surface area contributed by atoms with Gasteiger partial charge in [0.1, 0.15) is 65.8 Å². The molecule has 6 aromatic rings. The molecule has 3 aromatic carbocycles. The molecular weight excluding hydrogens is 1530 g/mol. The number of aliphatic hydroxyl groups excluding tert-OH is 3. The maximum absolute atomic E-state index is 13.7. The summed E-state index contributed by atoms with van der Waals surface area (Å²) in [5.41, 5.74) is 1.45. The van der Waals surface area contributed by atoms with Gasteiger partial charge >= 0.3 is 23.9 Å². The average molecular weight is 1640 g/mol. The molecule has 21 atom stereocenters. The van der Waals surface area contributed by atoms with Crippen molar-refractivity contribution in [2.45, 2.75) is 213 Å². The fourth-order valence-electron chi connectivity index (χ4n) is 13.4. The zero-order valence-electron chi connectivity index (χ0n) is 68.2. The normalized spacial score (nSPS) is 27.1. The molecule has 0 saturated carbocycles. The summed E-state index contributed by atoms with van der Waals surface area (Å²) in [6, 6.07) is 26.4. The lowest BCUT2D eigenvalue weighted by molar-refractivity contribution is -0.180. The molecule has 3 fully saturated rings. The summed E-state index contributed by atoms with van der Waals surface area (Å²) in [7, 11) is 1.49. The number of pyridine rings is 3. The third kappa shape index (κ3) is 24.8. The molecule has 33 heteroatoms. The van der Waals surface area contributed by atoms with E-state index in [-0.39, 0.29) is 59.7 Å². The van der Waals surface area contributed by atoms with Gasteiger partial charge in [-0.05, 0) is 118 Å². The van der Waals surface area contributed by atoms with Crippen LogP contribution >= 0.6 is 0 Å². The summed E-state index contributed by atoms with van der Waals surface area (Å²) in [6.45, 7) is 19.7. The van der Waals surface area contributed by atoms with Crippen molar-refractivity contribution < 1.29 is 107 Å². The van der Waals surface area contributed by atoms with Crippen LogP contribution in [-0.4, -0.2) is 220 Å². The molecule has 0 radical (unpaired) electrons. The summed E-state index contributed by atoms with van der Waals surface area (Å²) in [6.07, 6.45) is -2.84. The summed E-state index contributed by atoms with van der Waals surface area (Å²) >= 11 is 0. The number of nitrogens with zero attached hydrogens (tertiary/aromatic N) is 4. The first kappa shape index (κ1) is 93.2. The molecular formula is C85H109N11O22. The number of aromatic hydroxyl groups is 3. The lowest BCUT2D eigenvalue weighted by atomic mass is 9.90. The van der Waals surface area contributed by atoms with E-state index in [0.717, 1.165) is 16.7 Å². The van der Waals surface area contributed by atoms with E-state index in [0.29, 0.717) is 19.3 Å². The second kappa shape index (κ2) is 43.8. The minimum atomic E-state index is -1.43. The molecule has 8 amide bonds. The molecule has 13 N–H and O–H groups in total. The van der Waals surface area contributed by atoms with Crippen LogP contribution in [0.2, 0.25) is 0 Å². The van der Waals surface area contributed by atoms with E-state index < -0.39 is 192 Å². The number of hydrogen-bond acceptors (Lipinski definition) is 25. The second-order valence-corrected chi connectivity index (χ2v) is 30.0. The van der Waals surface area contributed by atoms with Gasteiger partial charge in [-0.15, -0.1) is 0 Å².